The summed E-state index contributed by atoms with van der Waals surface area (Å²) in [6, 6.07) is 0.168. The Morgan fingerprint density at radius 1 is 0.595 bits per heavy atom. The summed E-state index contributed by atoms with van der Waals surface area (Å²) in [6.07, 6.45) is 40.2. The van der Waals surface area contributed by atoms with Crippen LogP contribution in [0.3, 0.4) is 0 Å². The molecular formula is C38H72N2O2. The summed E-state index contributed by atoms with van der Waals surface area (Å²) in [7, 11) is 4.17. The zero-order valence-electron chi connectivity index (χ0n) is 28.9. The molecule has 0 bridgehead atoms. The van der Waals surface area contributed by atoms with Crippen molar-refractivity contribution in [2.24, 2.45) is 5.92 Å². The number of hydrogen-bond acceptors (Lipinski definition) is 3. The SMILES string of the molecule is CCCCC/C=C\CCCC(CCC/C=C\CCCCC)C(CC/C=C\CCCCC)NC(=O)OCCCCN(C)C. The van der Waals surface area contributed by atoms with Crippen LogP contribution >= 0.6 is 0 Å². The molecule has 0 aromatic heterocycles. The van der Waals surface area contributed by atoms with Gasteiger partial charge in [-0.2, -0.15) is 0 Å². The molecule has 0 spiro atoms. The van der Waals surface area contributed by atoms with E-state index in [4.69, 9.17) is 4.74 Å². The molecule has 0 rings (SSSR count). The van der Waals surface area contributed by atoms with Gasteiger partial charge in [-0.15, -0.1) is 0 Å². The maximum Gasteiger partial charge on any atom is 0.407 e. The fraction of sp³-hybridized carbons (Fsp3) is 0.816. The molecule has 0 radical (unpaired) electrons. The molecule has 1 N–H and O–H groups in total. The first-order valence-corrected chi connectivity index (χ1v) is 18.1. The number of nitrogens with one attached hydrogen (secondary N) is 1. The minimum Gasteiger partial charge on any atom is -0.450 e. The molecule has 1 atom stereocenters. The van der Waals surface area contributed by atoms with Crippen molar-refractivity contribution in [3.8, 4) is 0 Å². The molecule has 0 aromatic rings. The number of rotatable bonds is 30. The van der Waals surface area contributed by atoms with Gasteiger partial charge < -0.3 is 15.0 Å². The van der Waals surface area contributed by atoms with Crippen molar-refractivity contribution in [2.45, 2.75) is 168 Å². The lowest BCUT2D eigenvalue weighted by Gasteiger charge is -2.28. The molecule has 0 aromatic carbocycles. The van der Waals surface area contributed by atoms with Gasteiger partial charge in [-0.1, -0.05) is 95.8 Å². The monoisotopic (exact) mass is 589 g/mol. The van der Waals surface area contributed by atoms with Gasteiger partial charge in [0.2, 0.25) is 0 Å². The third-order valence-corrected chi connectivity index (χ3v) is 8.06. The quantitative estimate of drug-likeness (QED) is 0.0670. The van der Waals surface area contributed by atoms with Gasteiger partial charge in [0, 0.05) is 6.04 Å². The highest BCUT2D eigenvalue weighted by atomic mass is 16.5. The lowest BCUT2D eigenvalue weighted by Crippen LogP contribution is -2.41. The van der Waals surface area contributed by atoms with Crippen LogP contribution in [0.1, 0.15) is 162 Å². The summed E-state index contributed by atoms with van der Waals surface area (Å²) in [4.78, 5) is 15.1. The summed E-state index contributed by atoms with van der Waals surface area (Å²) < 4.78 is 5.65. The number of ether oxygens (including phenoxy) is 1. The van der Waals surface area contributed by atoms with Crippen molar-refractivity contribution in [1.29, 1.82) is 0 Å². The van der Waals surface area contributed by atoms with Gasteiger partial charge in [-0.05, 0) is 129 Å². The third-order valence-electron chi connectivity index (χ3n) is 8.06. The van der Waals surface area contributed by atoms with E-state index in [0.29, 0.717) is 12.5 Å². The molecule has 0 aliphatic heterocycles. The van der Waals surface area contributed by atoms with E-state index < -0.39 is 0 Å². The average Bonchev–Trinajstić information content (AvgIpc) is 2.97. The average molecular weight is 589 g/mol. The molecule has 0 heterocycles. The lowest BCUT2D eigenvalue weighted by molar-refractivity contribution is 0.132. The van der Waals surface area contributed by atoms with Crippen molar-refractivity contribution < 1.29 is 9.53 Å². The maximum atomic E-state index is 12.9. The van der Waals surface area contributed by atoms with Gasteiger partial charge in [-0.25, -0.2) is 4.79 Å². The van der Waals surface area contributed by atoms with Crippen LogP contribution < -0.4 is 5.32 Å². The van der Waals surface area contributed by atoms with E-state index in [1.165, 1.54) is 89.9 Å². The molecule has 246 valence electrons. The summed E-state index contributed by atoms with van der Waals surface area (Å²) in [5.74, 6) is 0.488. The normalized spacial score (nSPS) is 12.9. The highest BCUT2D eigenvalue weighted by molar-refractivity contribution is 5.67. The van der Waals surface area contributed by atoms with Crippen molar-refractivity contribution in [3.05, 3.63) is 36.5 Å². The largest absolute Gasteiger partial charge is 0.450 e. The minimum absolute atomic E-state index is 0.168. The molecule has 0 saturated carbocycles. The fourth-order valence-corrected chi connectivity index (χ4v) is 5.38. The lowest BCUT2D eigenvalue weighted by atomic mass is 9.86. The van der Waals surface area contributed by atoms with Gasteiger partial charge in [0.05, 0.1) is 6.61 Å². The highest BCUT2D eigenvalue weighted by Crippen LogP contribution is 2.24. The molecule has 1 unspecified atom stereocenters. The molecule has 42 heavy (non-hydrogen) atoms. The van der Waals surface area contributed by atoms with Crippen LogP contribution in [-0.4, -0.2) is 44.3 Å². The summed E-state index contributed by atoms with van der Waals surface area (Å²) in [5, 5.41) is 3.34. The van der Waals surface area contributed by atoms with E-state index in [1.807, 2.05) is 0 Å². The van der Waals surface area contributed by atoms with Crippen LogP contribution in [0.4, 0.5) is 4.79 Å². The number of unbranched alkanes of at least 4 members (excludes halogenated alkanes) is 12. The zero-order valence-corrected chi connectivity index (χ0v) is 28.9. The van der Waals surface area contributed by atoms with Gasteiger partial charge in [0.25, 0.3) is 0 Å². The highest BCUT2D eigenvalue weighted by Gasteiger charge is 2.23. The second-order valence-electron chi connectivity index (χ2n) is 12.5. The third kappa shape index (κ3) is 28.6. The first-order valence-electron chi connectivity index (χ1n) is 18.1. The van der Waals surface area contributed by atoms with E-state index in [-0.39, 0.29) is 12.1 Å². The molecule has 4 heteroatoms. The van der Waals surface area contributed by atoms with Crippen molar-refractivity contribution >= 4 is 6.09 Å². The minimum atomic E-state index is -0.228. The Hall–Kier alpha value is -1.55. The van der Waals surface area contributed by atoms with Crippen molar-refractivity contribution in [3.63, 3.8) is 0 Å². The van der Waals surface area contributed by atoms with Crippen LogP contribution in [0.15, 0.2) is 36.5 Å². The molecule has 0 aliphatic carbocycles. The Balaban J connectivity index is 5.14. The number of alkyl carbamates (subject to hydrolysis) is 1. The Labute approximate surface area is 263 Å². The van der Waals surface area contributed by atoms with Crippen LogP contribution in [0.2, 0.25) is 0 Å². The van der Waals surface area contributed by atoms with Crippen LogP contribution in [0.25, 0.3) is 0 Å². The van der Waals surface area contributed by atoms with Crippen LogP contribution in [0.5, 0.6) is 0 Å². The summed E-state index contributed by atoms with van der Waals surface area (Å²) >= 11 is 0. The molecule has 4 nitrogen and oxygen atoms in total. The Kier molecular flexibility index (Phi) is 31.2. The van der Waals surface area contributed by atoms with Crippen LogP contribution in [-0.2, 0) is 4.74 Å². The molecular weight excluding hydrogens is 516 g/mol. The maximum absolute atomic E-state index is 12.9. The first-order chi connectivity index (χ1) is 20.5. The number of nitrogens with zero attached hydrogens (tertiary/aromatic N) is 1. The summed E-state index contributed by atoms with van der Waals surface area (Å²) in [6.45, 7) is 8.31. The van der Waals surface area contributed by atoms with E-state index >= 15 is 0 Å². The van der Waals surface area contributed by atoms with E-state index in [2.05, 4.69) is 81.5 Å². The van der Waals surface area contributed by atoms with Crippen LogP contribution in [0, 0.1) is 5.92 Å². The molecule has 1 amide bonds. The molecule has 0 fully saturated rings. The number of hydrogen-bond donors (Lipinski definition) is 1. The van der Waals surface area contributed by atoms with E-state index in [1.54, 1.807) is 0 Å². The molecule has 0 aliphatic rings. The van der Waals surface area contributed by atoms with Gasteiger partial charge in [0.15, 0.2) is 0 Å². The first kappa shape index (κ1) is 40.5. The van der Waals surface area contributed by atoms with Crippen molar-refractivity contribution in [2.75, 3.05) is 27.2 Å². The number of carbonyl (C=O) groups excluding carboxylic acids is 1. The van der Waals surface area contributed by atoms with Gasteiger partial charge >= 0.3 is 6.09 Å². The van der Waals surface area contributed by atoms with Gasteiger partial charge in [0.1, 0.15) is 0 Å². The predicted octanol–water partition coefficient (Wildman–Crippen LogP) is 11.6. The number of amides is 1. The zero-order chi connectivity index (χ0) is 30.9. The number of allylic oxidation sites excluding steroid dienone is 6. The Bertz CT molecular complexity index is 629. The second-order valence-corrected chi connectivity index (χ2v) is 12.5. The predicted molar refractivity (Wildman–Crippen MR) is 186 cm³/mol. The topological polar surface area (TPSA) is 41.6 Å². The smallest absolute Gasteiger partial charge is 0.407 e. The Morgan fingerprint density at radius 2 is 1.05 bits per heavy atom. The van der Waals surface area contributed by atoms with Gasteiger partial charge in [-0.3, -0.25) is 0 Å². The summed E-state index contributed by atoms with van der Waals surface area (Å²) in [5.41, 5.74) is 0. The second kappa shape index (κ2) is 32.4. The number of carbonyl (C=O) groups is 1. The Morgan fingerprint density at radius 3 is 1.50 bits per heavy atom. The standard InChI is InChI=1S/C38H72N2O2/c1-6-9-12-15-18-21-23-26-31-36(32-27-24-22-19-16-13-10-7-2)37(33-28-25-20-17-14-11-8-3)39-38(41)42-35-30-29-34-40(4)5/h18-22,25,36-37H,6-17,23-24,26-35H2,1-5H3,(H,39,41)/b21-18-,22-19-,25-20-. The molecule has 0 saturated heterocycles. The van der Waals surface area contributed by atoms with E-state index in [9.17, 15) is 4.79 Å². The van der Waals surface area contributed by atoms with Crippen molar-refractivity contribution in [1.82, 2.24) is 10.2 Å². The fourth-order valence-electron chi connectivity index (χ4n) is 5.38. The van der Waals surface area contributed by atoms with E-state index in [0.717, 1.165) is 57.9 Å².